The molecule has 0 heterocycles. The molecule has 0 rings (SSSR count). The molecule has 0 aromatic heterocycles. The first kappa shape index (κ1) is 85.4. The number of rotatable bonds is 62. The molecule has 0 saturated carbocycles. The van der Waals surface area contributed by atoms with Gasteiger partial charge in [-0.15, -0.1) is 0 Å². The van der Waals surface area contributed by atoms with E-state index in [1.54, 1.807) is 0 Å². The summed E-state index contributed by atoms with van der Waals surface area (Å²) in [5.41, 5.74) is 0. The molecule has 0 aliphatic rings. The van der Waals surface area contributed by atoms with Crippen molar-refractivity contribution >= 4 is 0 Å². The summed E-state index contributed by atoms with van der Waals surface area (Å²) in [7, 11) is 0. The van der Waals surface area contributed by atoms with Gasteiger partial charge in [-0.2, -0.15) is 12.8 Å². The average Bonchev–Trinajstić information content (AvgIpc) is 3.44. The van der Waals surface area contributed by atoms with E-state index in [4.69, 9.17) is 13.0 Å². The Morgan fingerprint density at radius 1 is 0.184 bits per heavy atom. The van der Waals surface area contributed by atoms with Crippen LogP contribution in [-0.4, -0.2) is 23.4 Å². The van der Waals surface area contributed by atoms with Crippen LogP contribution in [0.5, 0.6) is 0 Å². The van der Waals surface area contributed by atoms with Crippen molar-refractivity contribution < 1.29 is 37.7 Å². The molecule has 0 fully saturated rings. The van der Waals surface area contributed by atoms with Gasteiger partial charge in [-0.1, -0.05) is 413 Å². The Morgan fingerprint density at radius 2 is 0.276 bits per heavy atom. The molecular weight excluding hydrogens is 1000 g/mol. The van der Waals surface area contributed by atoms with Crippen LogP contribution < -0.4 is 0 Å². The van der Waals surface area contributed by atoms with Crippen molar-refractivity contribution in [3.8, 4) is 0 Å². The van der Waals surface area contributed by atoms with Crippen LogP contribution in [0.3, 0.4) is 0 Å². The minimum absolute atomic E-state index is 0.300. The minimum atomic E-state index is 0.300. The number of hydrogen-bond acceptors (Lipinski definition) is 3. The second-order valence-electron chi connectivity index (χ2n) is 23.7. The molecule has 76 heavy (non-hydrogen) atoms. The summed E-state index contributed by atoms with van der Waals surface area (Å²) in [4.78, 5) is 0. The van der Waals surface area contributed by atoms with Gasteiger partial charge in [0.15, 0.2) is 0 Å². The Balaban J connectivity index is -0.000000291. The van der Waals surface area contributed by atoms with Crippen molar-refractivity contribution in [2.75, 3.05) is 13.2 Å². The Kier molecular flexibility index (Phi) is 107. The molecular formula is C72H150O3Zr. The quantitative estimate of drug-likeness (QED) is 0.0471. The average molecular weight is 1160 g/mol. The SMILES string of the molecule is CCCCCCCCCCCCCCCCCCO.CCCCCCCCCCCCCCCCCCO.[CH2-]CCCCCCCCCCCCCCCCC.[CH2-]CCCCCCCCCCCCCCCCC.[O]=[Zr+2]. The summed E-state index contributed by atoms with van der Waals surface area (Å²) in [5.74, 6) is 0. The fourth-order valence-electron chi connectivity index (χ4n) is 10.4. The van der Waals surface area contributed by atoms with Crippen molar-refractivity contribution in [2.24, 2.45) is 0 Å². The van der Waals surface area contributed by atoms with Crippen LogP contribution in [-0.2, 0) is 27.5 Å². The second-order valence-corrected chi connectivity index (χ2v) is 23.7. The van der Waals surface area contributed by atoms with Gasteiger partial charge in [0.05, 0.1) is 0 Å². The van der Waals surface area contributed by atoms with E-state index in [0.29, 0.717) is 37.9 Å². The van der Waals surface area contributed by atoms with Gasteiger partial charge in [0.2, 0.25) is 0 Å². The van der Waals surface area contributed by atoms with E-state index >= 15 is 0 Å². The van der Waals surface area contributed by atoms with Crippen molar-refractivity contribution in [2.45, 2.75) is 439 Å². The van der Waals surface area contributed by atoms with Crippen molar-refractivity contribution in [1.29, 1.82) is 0 Å². The van der Waals surface area contributed by atoms with Crippen molar-refractivity contribution in [1.82, 2.24) is 0 Å². The molecule has 0 spiro atoms. The molecule has 0 amide bonds. The van der Waals surface area contributed by atoms with Crippen LogP contribution >= 0.6 is 0 Å². The number of aliphatic hydroxyl groups is 2. The first-order valence-corrected chi connectivity index (χ1v) is 36.7. The van der Waals surface area contributed by atoms with Crippen LogP contribution in [0, 0.1) is 13.8 Å². The van der Waals surface area contributed by atoms with Gasteiger partial charge < -0.3 is 24.1 Å². The molecule has 3 nitrogen and oxygen atoms in total. The van der Waals surface area contributed by atoms with Gasteiger partial charge in [0, 0.05) is 13.2 Å². The normalized spacial score (nSPS) is 10.8. The monoisotopic (exact) mass is 1150 g/mol. The van der Waals surface area contributed by atoms with Gasteiger partial charge in [-0.3, -0.25) is 0 Å². The van der Waals surface area contributed by atoms with E-state index in [2.05, 4.69) is 41.5 Å². The molecule has 0 unspecified atom stereocenters. The molecule has 2 N–H and O–H groups in total. The van der Waals surface area contributed by atoms with Crippen LogP contribution in [0.1, 0.15) is 439 Å². The first-order chi connectivity index (χ1) is 37.7. The molecule has 4 heteroatoms. The van der Waals surface area contributed by atoms with Gasteiger partial charge in [-0.25, -0.2) is 0 Å². The molecule has 460 valence electrons. The third-order valence-electron chi connectivity index (χ3n) is 15.7. The van der Waals surface area contributed by atoms with Crippen molar-refractivity contribution in [3.63, 3.8) is 0 Å². The van der Waals surface area contributed by atoms with Crippen molar-refractivity contribution in [3.05, 3.63) is 13.8 Å². The maximum absolute atomic E-state index is 8.67. The predicted molar refractivity (Wildman–Crippen MR) is 344 cm³/mol. The first-order valence-electron chi connectivity index (χ1n) is 35.7. The summed E-state index contributed by atoms with van der Waals surface area (Å²) in [6.07, 6.45) is 90.0. The van der Waals surface area contributed by atoms with Crippen LogP contribution in [0.15, 0.2) is 0 Å². The van der Waals surface area contributed by atoms with E-state index in [9.17, 15) is 0 Å². The summed E-state index contributed by atoms with van der Waals surface area (Å²) < 4.78 is 8.34. The summed E-state index contributed by atoms with van der Waals surface area (Å²) in [6.45, 7) is 17.7. The maximum atomic E-state index is 8.67. The molecule has 0 bridgehead atoms. The number of unbranched alkanes of at least 4 members (excludes halogenated alkanes) is 60. The zero-order chi connectivity index (χ0) is 56.7. The fourth-order valence-corrected chi connectivity index (χ4v) is 10.4. The zero-order valence-electron chi connectivity index (χ0n) is 53.9. The van der Waals surface area contributed by atoms with Gasteiger partial charge >= 0.3 is 27.5 Å². The van der Waals surface area contributed by atoms with Crippen LogP contribution in [0.2, 0.25) is 0 Å². The van der Waals surface area contributed by atoms with Crippen LogP contribution in [0.4, 0.5) is 0 Å². The molecule has 0 aromatic carbocycles. The third-order valence-corrected chi connectivity index (χ3v) is 15.7. The van der Waals surface area contributed by atoms with E-state index in [1.165, 1.54) is 385 Å². The van der Waals surface area contributed by atoms with E-state index in [1.807, 2.05) is 0 Å². The van der Waals surface area contributed by atoms with E-state index in [0.717, 1.165) is 25.7 Å². The Morgan fingerprint density at radius 3 is 0.368 bits per heavy atom. The number of aliphatic hydroxyl groups excluding tert-OH is 2. The standard InChI is InChI=1S/2C18H38O.2C18H37.O.Zr/c2*1-2-3-4-5-6-7-8-9-10-11-12-13-14-15-16-17-18-19;2*1-3-5-7-9-11-13-15-17-18-16-14-12-10-8-6-4-2;;/h2*19H,2-18H2,1H3;2*1,3-18H2,2H3;;/q;;2*-1;;+2. The molecule has 0 radical (unpaired) electrons. The third kappa shape index (κ3) is 103. The Bertz CT molecular complexity index is 709. The van der Waals surface area contributed by atoms with Gasteiger partial charge in [0.25, 0.3) is 0 Å². The molecule has 0 atom stereocenters. The predicted octanol–water partition coefficient (Wildman–Crippen LogP) is 26.5. The summed E-state index contributed by atoms with van der Waals surface area (Å²) in [5, 5.41) is 17.3. The van der Waals surface area contributed by atoms with E-state index < -0.39 is 0 Å². The second kappa shape index (κ2) is 94.9. The summed E-state index contributed by atoms with van der Waals surface area (Å²) in [6, 6.07) is 0. The fraction of sp³-hybridized carbons (Fsp3) is 0.972. The zero-order valence-corrected chi connectivity index (χ0v) is 56.3. The Labute approximate surface area is 500 Å². The number of hydrogen-bond donors (Lipinski definition) is 2. The summed E-state index contributed by atoms with van der Waals surface area (Å²) >= 11 is 0.300. The van der Waals surface area contributed by atoms with Gasteiger partial charge in [-0.05, 0) is 12.8 Å². The molecule has 0 aliphatic heterocycles. The molecule has 0 aliphatic carbocycles. The van der Waals surface area contributed by atoms with Gasteiger partial charge in [0.1, 0.15) is 0 Å². The van der Waals surface area contributed by atoms with Crippen LogP contribution in [0.25, 0.3) is 0 Å². The molecule has 0 aromatic rings. The molecule has 0 saturated heterocycles. The topological polar surface area (TPSA) is 57.5 Å². The van der Waals surface area contributed by atoms with E-state index in [-0.39, 0.29) is 0 Å². The Hall–Kier alpha value is 0.603.